The van der Waals surface area contributed by atoms with E-state index >= 15 is 0 Å². The fourth-order valence-electron chi connectivity index (χ4n) is 3.21. The molecule has 0 aliphatic carbocycles. The third-order valence-electron chi connectivity index (χ3n) is 4.28. The summed E-state index contributed by atoms with van der Waals surface area (Å²) in [5.74, 6) is 0.459. The number of halogens is 1. The largest absolute Gasteiger partial charge is 0.384 e. The summed E-state index contributed by atoms with van der Waals surface area (Å²) in [5.41, 5.74) is 1.77. The average molecular weight is 254 g/mol. The third-order valence-corrected chi connectivity index (χ3v) is 4.28. The van der Waals surface area contributed by atoms with Gasteiger partial charge in [-0.15, -0.1) is 12.4 Å². The van der Waals surface area contributed by atoms with Gasteiger partial charge in [-0.05, 0) is 44.3 Å². The van der Waals surface area contributed by atoms with E-state index in [9.17, 15) is 5.11 Å². The lowest BCUT2D eigenvalue weighted by Gasteiger charge is -2.50. The molecule has 1 aromatic rings. The number of piperidine rings is 3. The number of aryl methyl sites for hydroxylation is 1. The molecule has 3 heterocycles. The fraction of sp³-hybridized carbons (Fsp3) is 0.571. The van der Waals surface area contributed by atoms with Crippen molar-refractivity contribution in [3.63, 3.8) is 0 Å². The molecule has 3 saturated heterocycles. The molecule has 1 aromatic carbocycles. The van der Waals surface area contributed by atoms with Crippen molar-refractivity contribution in [3.05, 3.63) is 35.4 Å². The highest BCUT2D eigenvalue weighted by Crippen LogP contribution is 2.42. The molecular formula is C14H20ClNO. The highest BCUT2D eigenvalue weighted by molar-refractivity contribution is 5.85. The van der Waals surface area contributed by atoms with Crippen LogP contribution in [0.3, 0.4) is 0 Å². The molecule has 17 heavy (non-hydrogen) atoms. The molecule has 1 unspecified atom stereocenters. The summed E-state index contributed by atoms with van der Waals surface area (Å²) in [7, 11) is 0. The zero-order valence-corrected chi connectivity index (χ0v) is 11.0. The first-order valence-electron chi connectivity index (χ1n) is 6.20. The Morgan fingerprint density at radius 3 is 2.24 bits per heavy atom. The van der Waals surface area contributed by atoms with Crippen molar-refractivity contribution >= 4 is 12.4 Å². The quantitative estimate of drug-likeness (QED) is 0.831. The van der Waals surface area contributed by atoms with Crippen molar-refractivity contribution in [2.45, 2.75) is 25.4 Å². The molecule has 0 radical (unpaired) electrons. The number of fused-ring (bicyclic) bond motifs is 3. The molecule has 4 rings (SSSR count). The zero-order chi connectivity index (χ0) is 11.2. The van der Waals surface area contributed by atoms with Gasteiger partial charge in [0.2, 0.25) is 0 Å². The topological polar surface area (TPSA) is 23.5 Å². The maximum Gasteiger partial charge on any atom is 0.105 e. The summed E-state index contributed by atoms with van der Waals surface area (Å²) in [4.78, 5) is 2.39. The molecule has 3 heteroatoms. The van der Waals surface area contributed by atoms with Crippen LogP contribution in [0, 0.1) is 12.8 Å². The minimum atomic E-state index is -0.593. The van der Waals surface area contributed by atoms with Gasteiger partial charge in [-0.25, -0.2) is 0 Å². The minimum Gasteiger partial charge on any atom is -0.384 e. The van der Waals surface area contributed by atoms with Crippen LogP contribution in [0.4, 0.5) is 0 Å². The van der Waals surface area contributed by atoms with Crippen molar-refractivity contribution in [1.82, 2.24) is 4.90 Å². The zero-order valence-electron chi connectivity index (χ0n) is 10.2. The van der Waals surface area contributed by atoms with Crippen LogP contribution in [0.2, 0.25) is 0 Å². The summed E-state index contributed by atoms with van der Waals surface area (Å²) < 4.78 is 0. The van der Waals surface area contributed by atoms with Gasteiger partial charge in [0.15, 0.2) is 0 Å². The van der Waals surface area contributed by atoms with Crippen LogP contribution >= 0.6 is 12.4 Å². The van der Waals surface area contributed by atoms with Crippen LogP contribution < -0.4 is 0 Å². The van der Waals surface area contributed by atoms with Crippen LogP contribution in [0.1, 0.15) is 24.0 Å². The first-order valence-corrected chi connectivity index (χ1v) is 6.20. The molecule has 0 aromatic heterocycles. The molecule has 1 N–H and O–H groups in total. The highest BCUT2D eigenvalue weighted by atomic mass is 35.5. The van der Waals surface area contributed by atoms with Gasteiger partial charge in [-0.1, -0.05) is 29.8 Å². The van der Waals surface area contributed by atoms with Crippen molar-refractivity contribution in [2.24, 2.45) is 5.92 Å². The van der Waals surface area contributed by atoms with Gasteiger partial charge in [-0.3, -0.25) is 0 Å². The second-order valence-corrected chi connectivity index (χ2v) is 5.34. The Balaban J connectivity index is 0.00000108. The lowest BCUT2D eigenvalue weighted by molar-refractivity contribution is -0.117. The molecule has 94 valence electrons. The lowest BCUT2D eigenvalue weighted by atomic mass is 9.71. The Morgan fingerprint density at radius 1 is 1.18 bits per heavy atom. The van der Waals surface area contributed by atoms with Gasteiger partial charge in [0, 0.05) is 6.54 Å². The SMILES string of the molecule is Cc1ccc(C2(O)CN3CCC2CC3)cc1.Cl. The van der Waals surface area contributed by atoms with Crippen LogP contribution in [-0.4, -0.2) is 29.6 Å². The van der Waals surface area contributed by atoms with Crippen LogP contribution in [0.5, 0.6) is 0 Å². The molecular weight excluding hydrogens is 234 g/mol. The van der Waals surface area contributed by atoms with Crippen LogP contribution in [-0.2, 0) is 5.60 Å². The van der Waals surface area contributed by atoms with E-state index in [2.05, 4.69) is 36.1 Å². The normalized spacial score (nSPS) is 35.4. The first kappa shape index (κ1) is 12.9. The summed E-state index contributed by atoms with van der Waals surface area (Å²) in [6.07, 6.45) is 2.29. The smallest absolute Gasteiger partial charge is 0.105 e. The molecule has 1 atom stereocenters. The monoisotopic (exact) mass is 253 g/mol. The molecule has 0 saturated carbocycles. The van der Waals surface area contributed by atoms with E-state index in [1.807, 2.05) is 0 Å². The van der Waals surface area contributed by atoms with Crippen molar-refractivity contribution in [3.8, 4) is 0 Å². The summed E-state index contributed by atoms with van der Waals surface area (Å²) in [5, 5.41) is 10.9. The summed E-state index contributed by atoms with van der Waals surface area (Å²) in [6.45, 7) is 5.24. The average Bonchev–Trinajstić information content (AvgIpc) is 2.31. The maximum atomic E-state index is 10.9. The Morgan fingerprint density at radius 2 is 1.76 bits per heavy atom. The standard InChI is InChI=1S/C14H19NO.ClH/c1-11-2-4-12(5-3-11)14(16)10-15-8-6-13(14)7-9-15;/h2-5,13,16H,6-10H2,1H3;1H. The Labute approximate surface area is 109 Å². The van der Waals surface area contributed by atoms with Gasteiger partial charge >= 0.3 is 0 Å². The Bertz CT molecular complexity index is 384. The van der Waals surface area contributed by atoms with Gasteiger partial charge in [0.1, 0.15) is 5.60 Å². The number of benzene rings is 1. The molecule has 2 bridgehead atoms. The van der Waals surface area contributed by atoms with E-state index in [4.69, 9.17) is 0 Å². The van der Waals surface area contributed by atoms with E-state index in [-0.39, 0.29) is 12.4 Å². The van der Waals surface area contributed by atoms with Gasteiger partial charge in [-0.2, -0.15) is 0 Å². The van der Waals surface area contributed by atoms with Crippen molar-refractivity contribution in [1.29, 1.82) is 0 Å². The van der Waals surface area contributed by atoms with E-state index < -0.39 is 5.60 Å². The number of hydrogen-bond donors (Lipinski definition) is 1. The molecule has 3 aliphatic rings. The second-order valence-electron chi connectivity index (χ2n) is 5.34. The molecule has 2 nitrogen and oxygen atoms in total. The molecule has 3 fully saturated rings. The predicted octanol–water partition coefficient (Wildman–Crippen LogP) is 2.33. The van der Waals surface area contributed by atoms with Crippen molar-refractivity contribution < 1.29 is 5.11 Å². The summed E-state index contributed by atoms with van der Waals surface area (Å²) >= 11 is 0. The predicted molar refractivity (Wildman–Crippen MR) is 71.5 cm³/mol. The second kappa shape index (κ2) is 4.60. The Hall–Kier alpha value is -0.570. The Kier molecular flexibility index (Phi) is 3.48. The van der Waals surface area contributed by atoms with E-state index in [0.717, 1.165) is 24.9 Å². The number of rotatable bonds is 1. The summed E-state index contributed by atoms with van der Waals surface area (Å²) in [6, 6.07) is 8.39. The van der Waals surface area contributed by atoms with Gasteiger partial charge < -0.3 is 10.0 Å². The number of aliphatic hydroxyl groups is 1. The third kappa shape index (κ3) is 2.10. The van der Waals surface area contributed by atoms with Crippen LogP contribution in [0.15, 0.2) is 24.3 Å². The minimum absolute atomic E-state index is 0. The van der Waals surface area contributed by atoms with Crippen LogP contribution in [0.25, 0.3) is 0 Å². The fourth-order valence-corrected chi connectivity index (χ4v) is 3.21. The maximum absolute atomic E-state index is 10.9. The van der Waals surface area contributed by atoms with Crippen molar-refractivity contribution in [2.75, 3.05) is 19.6 Å². The highest BCUT2D eigenvalue weighted by Gasteiger charge is 2.46. The molecule has 0 amide bonds. The number of nitrogens with zero attached hydrogens (tertiary/aromatic N) is 1. The van der Waals surface area contributed by atoms with Gasteiger partial charge in [0.05, 0.1) is 0 Å². The first-order chi connectivity index (χ1) is 7.68. The lowest BCUT2D eigenvalue weighted by Crippen LogP contribution is -2.57. The molecule has 0 spiro atoms. The van der Waals surface area contributed by atoms with E-state index in [1.54, 1.807) is 0 Å². The number of hydrogen-bond acceptors (Lipinski definition) is 2. The van der Waals surface area contributed by atoms with E-state index in [0.29, 0.717) is 5.92 Å². The van der Waals surface area contributed by atoms with Gasteiger partial charge in [0.25, 0.3) is 0 Å². The molecule has 3 aliphatic heterocycles. The van der Waals surface area contributed by atoms with E-state index in [1.165, 1.54) is 18.7 Å².